The molecule has 0 aliphatic carbocycles. The van der Waals surface area contributed by atoms with Crippen LogP contribution in [0.1, 0.15) is 39.4 Å². The summed E-state index contributed by atoms with van der Waals surface area (Å²) in [6.07, 6.45) is -1.95. The monoisotopic (exact) mass is 336 g/mol. The van der Waals surface area contributed by atoms with Gasteiger partial charge in [0.2, 0.25) is 5.91 Å². The van der Waals surface area contributed by atoms with Crippen molar-refractivity contribution in [3.63, 3.8) is 0 Å². The van der Waals surface area contributed by atoms with Crippen molar-refractivity contribution in [3.8, 4) is 0 Å². The third-order valence-electron chi connectivity index (χ3n) is 3.86. The zero-order chi connectivity index (χ0) is 18.5. The second-order valence-corrected chi connectivity index (χ2v) is 7.30. The van der Waals surface area contributed by atoms with Crippen LogP contribution in [0.4, 0.5) is 4.79 Å². The van der Waals surface area contributed by atoms with Gasteiger partial charge in [0, 0.05) is 13.6 Å². The lowest BCUT2D eigenvalue weighted by molar-refractivity contribution is -0.135. The van der Waals surface area contributed by atoms with Crippen LogP contribution in [0.3, 0.4) is 0 Å². The number of amides is 2. The van der Waals surface area contributed by atoms with Crippen LogP contribution in [0.15, 0.2) is 30.3 Å². The summed E-state index contributed by atoms with van der Waals surface area (Å²) in [4.78, 5) is 26.3. The van der Waals surface area contributed by atoms with Crippen LogP contribution in [0.5, 0.6) is 0 Å². The molecule has 0 saturated carbocycles. The first kappa shape index (κ1) is 20.0. The highest BCUT2D eigenvalue weighted by molar-refractivity contribution is 5.82. The van der Waals surface area contributed by atoms with E-state index in [0.717, 1.165) is 10.5 Å². The number of carbonyl (C=O) groups is 2. The molecule has 0 heterocycles. The van der Waals surface area contributed by atoms with Gasteiger partial charge in [-0.15, -0.1) is 0 Å². The van der Waals surface area contributed by atoms with Gasteiger partial charge in [0.25, 0.3) is 0 Å². The molecule has 2 N–H and O–H groups in total. The minimum atomic E-state index is -1.12. The van der Waals surface area contributed by atoms with E-state index < -0.39 is 18.2 Å². The van der Waals surface area contributed by atoms with Crippen LogP contribution in [-0.4, -0.2) is 58.2 Å². The molecule has 0 aromatic heterocycles. The molecule has 1 aromatic carbocycles. The van der Waals surface area contributed by atoms with Crippen LogP contribution in [-0.2, 0) is 4.79 Å². The third kappa shape index (κ3) is 5.85. The molecule has 0 bridgehead atoms. The van der Waals surface area contributed by atoms with Crippen molar-refractivity contribution in [2.45, 2.75) is 39.8 Å². The van der Waals surface area contributed by atoms with Crippen molar-refractivity contribution in [2.24, 2.45) is 5.41 Å². The van der Waals surface area contributed by atoms with Crippen molar-refractivity contribution in [1.29, 1.82) is 0 Å². The lowest BCUT2D eigenvalue weighted by Gasteiger charge is -2.32. The van der Waals surface area contributed by atoms with Crippen LogP contribution in [0, 0.1) is 5.41 Å². The average molecular weight is 336 g/mol. The Hall–Kier alpha value is -2.08. The zero-order valence-corrected chi connectivity index (χ0v) is 15.1. The van der Waals surface area contributed by atoms with Crippen molar-refractivity contribution in [1.82, 2.24) is 9.80 Å². The highest BCUT2D eigenvalue weighted by Crippen LogP contribution is 2.20. The molecule has 0 spiro atoms. The van der Waals surface area contributed by atoms with E-state index in [0.29, 0.717) is 0 Å². The molecule has 0 aliphatic rings. The van der Waals surface area contributed by atoms with Gasteiger partial charge in [-0.25, -0.2) is 4.79 Å². The number of hydrogen-bond acceptors (Lipinski definition) is 3. The Morgan fingerprint density at radius 2 is 1.71 bits per heavy atom. The van der Waals surface area contributed by atoms with E-state index in [-0.39, 0.29) is 24.4 Å². The van der Waals surface area contributed by atoms with Gasteiger partial charge in [0.05, 0.1) is 12.1 Å². The maximum atomic E-state index is 12.4. The third-order valence-corrected chi connectivity index (χ3v) is 3.86. The molecule has 24 heavy (non-hydrogen) atoms. The lowest BCUT2D eigenvalue weighted by atomic mass is 9.96. The molecule has 134 valence electrons. The van der Waals surface area contributed by atoms with E-state index in [1.165, 1.54) is 4.90 Å². The SMILES string of the molecule is C[C@H]([C@H](O)c1ccccc1)N(C)C(=O)CN(CC(C)(C)C)C(=O)O. The molecule has 1 aromatic rings. The Kier molecular flexibility index (Phi) is 6.78. The normalized spacial score (nSPS) is 13.9. The summed E-state index contributed by atoms with van der Waals surface area (Å²) >= 11 is 0. The molecule has 0 unspecified atom stereocenters. The second-order valence-electron chi connectivity index (χ2n) is 7.30. The van der Waals surface area contributed by atoms with Gasteiger partial charge in [-0.2, -0.15) is 0 Å². The summed E-state index contributed by atoms with van der Waals surface area (Å²) in [5, 5.41) is 19.7. The first-order valence-electron chi connectivity index (χ1n) is 7.99. The topological polar surface area (TPSA) is 81.1 Å². The number of aliphatic hydroxyl groups is 1. The fraction of sp³-hybridized carbons (Fsp3) is 0.556. The number of carboxylic acid groups (broad SMARTS) is 1. The molecule has 0 radical (unpaired) electrons. The fourth-order valence-electron chi connectivity index (χ4n) is 2.41. The Labute approximate surface area is 143 Å². The predicted octanol–water partition coefficient (Wildman–Crippen LogP) is 2.59. The number of hydrogen-bond donors (Lipinski definition) is 2. The van der Waals surface area contributed by atoms with Crippen LogP contribution in [0.25, 0.3) is 0 Å². The van der Waals surface area contributed by atoms with Gasteiger partial charge < -0.3 is 15.1 Å². The number of likely N-dealkylation sites (N-methyl/N-ethyl adjacent to an activating group) is 1. The van der Waals surface area contributed by atoms with Crippen LogP contribution in [0.2, 0.25) is 0 Å². The highest BCUT2D eigenvalue weighted by atomic mass is 16.4. The van der Waals surface area contributed by atoms with Crippen molar-refractivity contribution in [2.75, 3.05) is 20.1 Å². The highest BCUT2D eigenvalue weighted by Gasteiger charge is 2.28. The van der Waals surface area contributed by atoms with Gasteiger partial charge in [0.15, 0.2) is 0 Å². The minimum Gasteiger partial charge on any atom is -0.465 e. The van der Waals surface area contributed by atoms with Crippen LogP contribution < -0.4 is 0 Å². The molecular formula is C18H28N2O4. The van der Waals surface area contributed by atoms with Crippen LogP contribution >= 0.6 is 0 Å². The summed E-state index contributed by atoms with van der Waals surface area (Å²) in [5.41, 5.74) is 0.473. The Morgan fingerprint density at radius 1 is 1.17 bits per heavy atom. The quantitative estimate of drug-likeness (QED) is 0.837. The van der Waals surface area contributed by atoms with Gasteiger partial charge in [-0.1, -0.05) is 51.1 Å². The number of nitrogens with zero attached hydrogens (tertiary/aromatic N) is 2. The molecule has 0 fully saturated rings. The maximum Gasteiger partial charge on any atom is 0.407 e. The van der Waals surface area contributed by atoms with Gasteiger partial charge >= 0.3 is 6.09 Å². The second kappa shape index (κ2) is 8.15. The van der Waals surface area contributed by atoms with E-state index in [4.69, 9.17) is 0 Å². The van der Waals surface area contributed by atoms with Gasteiger partial charge in [-0.3, -0.25) is 9.69 Å². The summed E-state index contributed by atoms with van der Waals surface area (Å²) in [7, 11) is 1.58. The Bertz CT molecular complexity index is 554. The van der Waals surface area contributed by atoms with E-state index in [2.05, 4.69) is 0 Å². The Balaban J connectivity index is 2.76. The molecular weight excluding hydrogens is 308 g/mol. The smallest absolute Gasteiger partial charge is 0.407 e. The summed E-state index contributed by atoms with van der Waals surface area (Å²) < 4.78 is 0. The number of rotatable bonds is 6. The summed E-state index contributed by atoms with van der Waals surface area (Å²) in [5.74, 6) is -0.343. The maximum absolute atomic E-state index is 12.4. The number of carbonyl (C=O) groups excluding carboxylic acids is 1. The number of benzene rings is 1. The molecule has 6 heteroatoms. The van der Waals surface area contributed by atoms with Crippen molar-refractivity contribution < 1.29 is 19.8 Å². The summed E-state index contributed by atoms with van der Waals surface area (Å²) in [6, 6.07) is 8.62. The Morgan fingerprint density at radius 3 is 2.17 bits per heavy atom. The fourth-order valence-corrected chi connectivity index (χ4v) is 2.41. The van der Waals surface area contributed by atoms with E-state index in [1.54, 1.807) is 26.1 Å². The van der Waals surface area contributed by atoms with E-state index in [1.807, 2.05) is 39.0 Å². The van der Waals surface area contributed by atoms with Crippen molar-refractivity contribution >= 4 is 12.0 Å². The minimum absolute atomic E-state index is 0.227. The summed E-state index contributed by atoms with van der Waals surface area (Å²) in [6.45, 7) is 7.52. The first-order chi connectivity index (χ1) is 11.0. The van der Waals surface area contributed by atoms with Gasteiger partial charge in [0.1, 0.15) is 6.54 Å². The largest absolute Gasteiger partial charge is 0.465 e. The standard InChI is InChI=1S/C18H28N2O4/c1-13(16(22)14-9-7-6-8-10-14)19(5)15(21)11-20(17(23)24)12-18(2,3)4/h6-10,13,16,22H,11-12H2,1-5H3,(H,23,24)/t13-,16+/m1/s1. The zero-order valence-electron chi connectivity index (χ0n) is 15.1. The molecule has 1 rings (SSSR count). The van der Waals surface area contributed by atoms with E-state index in [9.17, 15) is 19.8 Å². The molecule has 6 nitrogen and oxygen atoms in total. The first-order valence-corrected chi connectivity index (χ1v) is 7.99. The van der Waals surface area contributed by atoms with E-state index >= 15 is 0 Å². The predicted molar refractivity (Wildman–Crippen MR) is 92.7 cm³/mol. The van der Waals surface area contributed by atoms with Gasteiger partial charge in [-0.05, 0) is 17.9 Å². The number of aliphatic hydroxyl groups excluding tert-OH is 1. The molecule has 0 saturated heterocycles. The molecule has 2 atom stereocenters. The molecule has 2 amide bonds. The average Bonchev–Trinajstić information content (AvgIpc) is 2.51. The van der Waals surface area contributed by atoms with Crippen molar-refractivity contribution in [3.05, 3.63) is 35.9 Å². The lowest BCUT2D eigenvalue weighted by Crippen LogP contribution is -2.47. The molecule has 0 aliphatic heterocycles.